The molecular weight excluding hydrogens is 500 g/mol. The maximum absolute atomic E-state index is 11.4. The van der Waals surface area contributed by atoms with E-state index in [-0.39, 0.29) is 18.7 Å². The molecular formula is C26H36N2O10. The van der Waals surface area contributed by atoms with Crippen LogP contribution in [0, 0.1) is 13.8 Å². The summed E-state index contributed by atoms with van der Waals surface area (Å²) in [5.41, 5.74) is 4.19. The summed E-state index contributed by atoms with van der Waals surface area (Å²) < 4.78 is 22.4. The molecule has 0 radical (unpaired) electrons. The molecule has 0 amide bonds. The number of rotatable bonds is 7. The van der Waals surface area contributed by atoms with E-state index < -0.39 is 30.3 Å². The molecule has 2 aromatic rings. The first-order valence-electron chi connectivity index (χ1n) is 11.9. The summed E-state index contributed by atoms with van der Waals surface area (Å²) in [7, 11) is 0. The number of benzene rings is 1. The fraction of sp³-hybridized carbons (Fsp3) is 0.500. The Labute approximate surface area is 221 Å². The number of aryl methyl sites for hydroxylation is 2. The molecule has 0 spiro atoms. The summed E-state index contributed by atoms with van der Waals surface area (Å²) in [4.78, 5) is 40.6. The molecule has 1 aliphatic heterocycles. The predicted octanol–water partition coefficient (Wildman–Crippen LogP) is 3.18. The highest BCUT2D eigenvalue weighted by atomic mass is 16.7. The average Bonchev–Trinajstić information content (AvgIpc) is 3.11. The number of carboxylic acid groups (broad SMARTS) is 2. The fourth-order valence-electron chi connectivity index (χ4n) is 3.42. The van der Waals surface area contributed by atoms with Crippen molar-refractivity contribution < 1.29 is 48.3 Å². The lowest BCUT2D eigenvalue weighted by atomic mass is 10.0. The molecule has 0 aliphatic carbocycles. The Kier molecular flexibility index (Phi) is 13.5. The topological polar surface area (TPSA) is 174 Å². The number of aromatic amines is 1. The highest BCUT2D eigenvalue weighted by Gasteiger charge is 2.34. The van der Waals surface area contributed by atoms with Gasteiger partial charge in [0.2, 0.25) is 12.2 Å². The molecule has 1 aromatic carbocycles. The summed E-state index contributed by atoms with van der Waals surface area (Å²) in [5, 5.41) is 22.1. The van der Waals surface area contributed by atoms with Gasteiger partial charge in [0, 0.05) is 58.2 Å². The first-order valence-corrected chi connectivity index (χ1v) is 11.9. The van der Waals surface area contributed by atoms with Crippen LogP contribution in [0.3, 0.4) is 0 Å². The van der Waals surface area contributed by atoms with E-state index in [1.807, 2.05) is 13.8 Å². The summed E-state index contributed by atoms with van der Waals surface area (Å²) in [6.07, 6.45) is -0.0353. The maximum Gasteiger partial charge on any atom is 0.302 e. The van der Waals surface area contributed by atoms with Crippen LogP contribution in [0.2, 0.25) is 0 Å². The zero-order chi connectivity index (χ0) is 28.8. The third-order valence-corrected chi connectivity index (χ3v) is 4.91. The number of hydrogen-bond acceptors (Lipinski definition) is 9. The van der Waals surface area contributed by atoms with E-state index in [9.17, 15) is 9.59 Å². The van der Waals surface area contributed by atoms with Crippen LogP contribution in [-0.4, -0.2) is 69.4 Å². The highest BCUT2D eigenvalue weighted by molar-refractivity contribution is 5.66. The number of carbonyl (C=O) groups excluding carboxylic acids is 2. The van der Waals surface area contributed by atoms with Gasteiger partial charge in [0.1, 0.15) is 12.7 Å². The van der Waals surface area contributed by atoms with Gasteiger partial charge < -0.3 is 29.2 Å². The van der Waals surface area contributed by atoms with Crippen molar-refractivity contribution in [1.82, 2.24) is 10.2 Å². The van der Waals surface area contributed by atoms with Crippen molar-refractivity contribution in [3.63, 3.8) is 0 Å². The van der Waals surface area contributed by atoms with Gasteiger partial charge in [-0.15, -0.1) is 5.10 Å². The van der Waals surface area contributed by atoms with Gasteiger partial charge in [0.25, 0.3) is 11.9 Å². The van der Waals surface area contributed by atoms with Crippen molar-refractivity contribution in [2.24, 2.45) is 0 Å². The standard InChI is InChI=1S/C22H28N2O6.2C2H4O2/c1-13-5-7-17(8-6-13)9-20-14(2)23-24-22(20)30-21-11-18(28-16(4)26)10-19(29-21)12-27-15(3)25;2*1-2(3)4/h5-8,18-19,21H,9-12H2,1-4H3,(H,23,24);2*1H3,(H,3,4). The van der Waals surface area contributed by atoms with Crippen molar-refractivity contribution >= 4 is 23.9 Å². The molecule has 3 rings (SSSR count). The minimum absolute atomic E-state index is 0.0722. The number of esters is 2. The zero-order valence-corrected chi connectivity index (χ0v) is 22.5. The van der Waals surface area contributed by atoms with E-state index in [1.165, 1.54) is 19.4 Å². The molecule has 12 heteroatoms. The molecule has 210 valence electrons. The largest absolute Gasteiger partial charge is 0.481 e. The Hall–Kier alpha value is -3.93. The van der Waals surface area contributed by atoms with Crippen LogP contribution in [-0.2, 0) is 39.8 Å². The number of carbonyl (C=O) groups is 4. The molecule has 3 unspecified atom stereocenters. The van der Waals surface area contributed by atoms with Gasteiger partial charge in [-0.25, -0.2) is 0 Å². The number of aliphatic carboxylic acids is 2. The smallest absolute Gasteiger partial charge is 0.302 e. The minimum atomic E-state index is -0.833. The monoisotopic (exact) mass is 536 g/mol. The molecule has 3 N–H and O–H groups in total. The van der Waals surface area contributed by atoms with E-state index in [0.29, 0.717) is 25.1 Å². The Balaban J connectivity index is 0.000000794. The first kappa shape index (κ1) is 32.1. The number of nitrogens with zero attached hydrogens (tertiary/aromatic N) is 1. The minimum Gasteiger partial charge on any atom is -0.481 e. The van der Waals surface area contributed by atoms with Crippen LogP contribution in [0.4, 0.5) is 0 Å². The van der Waals surface area contributed by atoms with Crippen molar-refractivity contribution in [2.45, 2.75) is 79.3 Å². The number of carboxylic acids is 2. The number of nitrogens with one attached hydrogen (secondary N) is 1. The molecule has 38 heavy (non-hydrogen) atoms. The molecule has 1 aromatic heterocycles. The number of ether oxygens (including phenoxy) is 4. The Morgan fingerprint density at radius 1 is 0.974 bits per heavy atom. The van der Waals surface area contributed by atoms with E-state index in [4.69, 9.17) is 38.7 Å². The van der Waals surface area contributed by atoms with Gasteiger partial charge >= 0.3 is 11.9 Å². The summed E-state index contributed by atoms with van der Waals surface area (Å²) in [6.45, 7) is 8.93. The van der Waals surface area contributed by atoms with Crippen molar-refractivity contribution in [2.75, 3.05) is 6.61 Å². The lowest BCUT2D eigenvalue weighted by Gasteiger charge is -2.34. The van der Waals surface area contributed by atoms with Crippen molar-refractivity contribution in [3.8, 4) is 5.88 Å². The molecule has 0 bridgehead atoms. The highest BCUT2D eigenvalue weighted by Crippen LogP contribution is 2.28. The zero-order valence-electron chi connectivity index (χ0n) is 22.5. The second-order valence-electron chi connectivity index (χ2n) is 8.64. The summed E-state index contributed by atoms with van der Waals surface area (Å²) in [5.74, 6) is -1.98. The molecule has 1 aliphatic rings. The molecule has 1 saturated heterocycles. The third-order valence-electron chi connectivity index (χ3n) is 4.91. The predicted molar refractivity (Wildman–Crippen MR) is 135 cm³/mol. The van der Waals surface area contributed by atoms with E-state index in [1.54, 1.807) is 0 Å². The number of H-pyrrole nitrogens is 1. The number of aromatic nitrogens is 2. The van der Waals surface area contributed by atoms with Crippen molar-refractivity contribution in [1.29, 1.82) is 0 Å². The third kappa shape index (κ3) is 13.4. The Morgan fingerprint density at radius 3 is 2.08 bits per heavy atom. The summed E-state index contributed by atoms with van der Waals surface area (Å²) in [6, 6.07) is 8.29. The number of hydrogen-bond donors (Lipinski definition) is 3. The quantitative estimate of drug-likeness (QED) is 0.443. The molecule has 0 saturated carbocycles. The SMILES string of the molecule is CC(=O)O.CC(=O)O.CC(=O)OCC1CC(OC(C)=O)CC(Oc2n[nH]c(C)c2Cc2ccc(C)cc2)O1. The van der Waals surface area contributed by atoms with Crippen LogP contribution in [0.5, 0.6) is 5.88 Å². The Morgan fingerprint density at radius 2 is 1.55 bits per heavy atom. The molecule has 12 nitrogen and oxygen atoms in total. The molecule has 3 atom stereocenters. The summed E-state index contributed by atoms with van der Waals surface area (Å²) >= 11 is 0. The second-order valence-corrected chi connectivity index (χ2v) is 8.64. The molecule has 2 heterocycles. The average molecular weight is 537 g/mol. The lowest BCUT2D eigenvalue weighted by molar-refractivity contribution is -0.202. The second kappa shape index (κ2) is 16.0. The molecule has 1 fully saturated rings. The van der Waals surface area contributed by atoms with E-state index >= 15 is 0 Å². The van der Waals surface area contributed by atoms with Crippen LogP contribution >= 0.6 is 0 Å². The van der Waals surface area contributed by atoms with Gasteiger partial charge in [-0.2, -0.15) is 0 Å². The van der Waals surface area contributed by atoms with Gasteiger partial charge in [0.15, 0.2) is 0 Å². The van der Waals surface area contributed by atoms with Gasteiger partial charge in [-0.1, -0.05) is 29.8 Å². The van der Waals surface area contributed by atoms with E-state index in [2.05, 4.69) is 34.5 Å². The normalized spacial score (nSPS) is 18.0. The van der Waals surface area contributed by atoms with Crippen LogP contribution in [0.1, 0.15) is 62.9 Å². The van der Waals surface area contributed by atoms with Gasteiger partial charge in [-0.05, 0) is 19.4 Å². The van der Waals surface area contributed by atoms with Gasteiger partial charge in [-0.3, -0.25) is 24.3 Å². The lowest BCUT2D eigenvalue weighted by Crippen LogP contribution is -2.42. The van der Waals surface area contributed by atoms with E-state index in [0.717, 1.165) is 30.7 Å². The van der Waals surface area contributed by atoms with Crippen molar-refractivity contribution in [3.05, 3.63) is 46.6 Å². The fourth-order valence-corrected chi connectivity index (χ4v) is 3.42. The van der Waals surface area contributed by atoms with Crippen LogP contribution < -0.4 is 4.74 Å². The van der Waals surface area contributed by atoms with Crippen LogP contribution in [0.25, 0.3) is 0 Å². The Bertz CT molecular complexity index is 1040. The van der Waals surface area contributed by atoms with Gasteiger partial charge in [0.05, 0.1) is 6.10 Å². The maximum atomic E-state index is 11.4. The van der Waals surface area contributed by atoms with Crippen LogP contribution in [0.15, 0.2) is 24.3 Å². The first-order chi connectivity index (χ1) is 17.8.